The maximum absolute atomic E-state index is 5.88. The molecule has 0 rings (SSSR count). The van der Waals surface area contributed by atoms with E-state index in [1.165, 1.54) is 19.3 Å². The fourth-order valence-electron chi connectivity index (χ4n) is 0.860. The molecule has 0 amide bonds. The van der Waals surface area contributed by atoms with Crippen molar-refractivity contribution in [1.29, 1.82) is 0 Å². The predicted octanol–water partition coefficient (Wildman–Crippen LogP) is 3.63. The summed E-state index contributed by atoms with van der Waals surface area (Å²) in [7, 11) is 1.59. The molecule has 0 spiro atoms. The zero-order valence-corrected chi connectivity index (χ0v) is 9.71. The quantitative estimate of drug-likeness (QED) is 0.373. The van der Waals surface area contributed by atoms with E-state index in [4.69, 9.17) is 26.6 Å². The summed E-state index contributed by atoms with van der Waals surface area (Å²) in [5.41, 5.74) is 0. The summed E-state index contributed by atoms with van der Waals surface area (Å²) in [4.78, 5) is 0. The Hall–Kier alpha value is 0.757. The molecule has 4 heteroatoms. The van der Waals surface area contributed by atoms with E-state index in [9.17, 15) is 0 Å². The third-order valence-corrected chi connectivity index (χ3v) is 5.21. The Morgan fingerprint density at radius 2 is 1.82 bits per heavy atom. The SMILES string of the molecule is CCCCCC[Si](Cl)(Cl)OC. The van der Waals surface area contributed by atoms with Crippen molar-refractivity contribution < 1.29 is 4.43 Å². The van der Waals surface area contributed by atoms with Crippen LogP contribution in [0.25, 0.3) is 0 Å². The van der Waals surface area contributed by atoms with Gasteiger partial charge in [-0.05, 0) is 6.04 Å². The van der Waals surface area contributed by atoms with Gasteiger partial charge in [0.25, 0.3) is 0 Å². The van der Waals surface area contributed by atoms with E-state index in [2.05, 4.69) is 6.92 Å². The lowest BCUT2D eigenvalue weighted by Crippen LogP contribution is -2.21. The van der Waals surface area contributed by atoms with E-state index in [1.807, 2.05) is 0 Å². The Kier molecular flexibility index (Phi) is 6.73. The van der Waals surface area contributed by atoms with Crippen molar-refractivity contribution in [1.82, 2.24) is 0 Å². The van der Waals surface area contributed by atoms with Crippen LogP contribution in [0.4, 0.5) is 0 Å². The molecule has 0 aromatic heterocycles. The molecule has 0 aromatic rings. The lowest BCUT2D eigenvalue weighted by molar-refractivity contribution is 0.424. The first-order valence-corrected chi connectivity index (χ1v) is 8.19. The van der Waals surface area contributed by atoms with Gasteiger partial charge in [0.15, 0.2) is 0 Å². The summed E-state index contributed by atoms with van der Waals surface area (Å²) in [6.45, 7) is -0.0999. The van der Waals surface area contributed by atoms with E-state index in [1.54, 1.807) is 7.11 Å². The van der Waals surface area contributed by atoms with E-state index in [0.717, 1.165) is 12.5 Å². The zero-order chi connectivity index (χ0) is 8.74. The molecule has 0 atom stereocenters. The van der Waals surface area contributed by atoms with E-state index < -0.39 is 6.94 Å². The Morgan fingerprint density at radius 1 is 1.18 bits per heavy atom. The lowest BCUT2D eigenvalue weighted by atomic mass is 10.2. The fraction of sp³-hybridized carbons (Fsp3) is 1.00. The normalized spacial score (nSPS) is 12.0. The minimum absolute atomic E-state index is 0.854. The van der Waals surface area contributed by atoms with Crippen molar-refractivity contribution in [2.45, 2.75) is 38.7 Å². The molecule has 0 aromatic carbocycles. The molecule has 1 nitrogen and oxygen atoms in total. The Balaban J connectivity index is 3.23. The second-order valence-electron chi connectivity index (χ2n) is 2.65. The summed E-state index contributed by atoms with van der Waals surface area (Å²) in [5.74, 6) is 0. The number of hydrogen-bond donors (Lipinski definition) is 0. The predicted molar refractivity (Wildman–Crippen MR) is 53.4 cm³/mol. The second kappa shape index (κ2) is 6.29. The van der Waals surface area contributed by atoms with Gasteiger partial charge >= 0.3 is 6.94 Å². The Labute approximate surface area is 79.6 Å². The molecule has 0 saturated carbocycles. The smallest absolute Gasteiger partial charge is 0.389 e. The van der Waals surface area contributed by atoms with Gasteiger partial charge in [-0.25, -0.2) is 0 Å². The first kappa shape index (κ1) is 11.8. The van der Waals surface area contributed by atoms with Crippen LogP contribution in [-0.2, 0) is 4.43 Å². The number of unbranched alkanes of at least 4 members (excludes halogenated alkanes) is 3. The van der Waals surface area contributed by atoms with Gasteiger partial charge in [-0.1, -0.05) is 32.6 Å². The highest BCUT2D eigenvalue weighted by atomic mass is 35.7. The average Bonchev–Trinajstić information content (AvgIpc) is 1.99. The van der Waals surface area contributed by atoms with Crippen molar-refractivity contribution in [2.75, 3.05) is 7.11 Å². The minimum Gasteiger partial charge on any atom is -0.396 e. The Bertz CT molecular complexity index is 98.4. The molecule has 0 bridgehead atoms. The highest BCUT2D eigenvalue weighted by Gasteiger charge is 2.27. The second-order valence-corrected chi connectivity index (χ2v) is 9.08. The molecule has 11 heavy (non-hydrogen) atoms. The number of halogens is 2. The molecule has 0 radical (unpaired) electrons. The maximum Gasteiger partial charge on any atom is 0.389 e. The monoisotopic (exact) mass is 214 g/mol. The van der Waals surface area contributed by atoms with Crippen LogP contribution in [0.5, 0.6) is 0 Å². The van der Waals surface area contributed by atoms with Crippen LogP contribution in [0.1, 0.15) is 32.6 Å². The van der Waals surface area contributed by atoms with Crippen LogP contribution in [0, 0.1) is 0 Å². The van der Waals surface area contributed by atoms with Gasteiger partial charge in [0.05, 0.1) is 0 Å². The summed E-state index contributed by atoms with van der Waals surface area (Å²) in [5, 5.41) is 0. The van der Waals surface area contributed by atoms with Crippen molar-refractivity contribution in [3.63, 3.8) is 0 Å². The van der Waals surface area contributed by atoms with Gasteiger partial charge < -0.3 is 4.43 Å². The number of hydrogen-bond acceptors (Lipinski definition) is 1. The topological polar surface area (TPSA) is 9.23 Å². The number of rotatable bonds is 6. The van der Waals surface area contributed by atoms with Crippen molar-refractivity contribution >= 4 is 29.1 Å². The van der Waals surface area contributed by atoms with Crippen LogP contribution in [0.3, 0.4) is 0 Å². The van der Waals surface area contributed by atoms with Crippen LogP contribution in [-0.4, -0.2) is 14.0 Å². The first-order valence-electron chi connectivity index (χ1n) is 4.05. The molecule has 0 aliphatic carbocycles. The van der Waals surface area contributed by atoms with Gasteiger partial charge in [0, 0.05) is 7.11 Å². The fourth-order valence-corrected chi connectivity index (χ4v) is 2.53. The molecular weight excluding hydrogens is 199 g/mol. The van der Waals surface area contributed by atoms with Gasteiger partial charge in [0.1, 0.15) is 0 Å². The van der Waals surface area contributed by atoms with Gasteiger partial charge in [0.2, 0.25) is 0 Å². The van der Waals surface area contributed by atoms with Gasteiger partial charge in [-0.2, -0.15) is 0 Å². The van der Waals surface area contributed by atoms with E-state index >= 15 is 0 Å². The summed E-state index contributed by atoms with van der Waals surface area (Å²) in [6, 6.07) is 0.854. The van der Waals surface area contributed by atoms with Crippen molar-refractivity contribution in [3.8, 4) is 0 Å². The first-order chi connectivity index (χ1) is 5.12. The van der Waals surface area contributed by atoms with Gasteiger partial charge in [-0.15, -0.1) is 22.2 Å². The average molecular weight is 215 g/mol. The Morgan fingerprint density at radius 3 is 2.27 bits per heavy atom. The molecule has 0 saturated heterocycles. The molecule has 0 fully saturated rings. The molecule has 0 aliphatic heterocycles. The standard InChI is InChI=1S/C7H16Cl2OSi/c1-3-4-5-6-7-11(8,9)10-2/h3-7H2,1-2H3. The molecule has 0 heterocycles. The lowest BCUT2D eigenvalue weighted by Gasteiger charge is -2.12. The summed E-state index contributed by atoms with van der Waals surface area (Å²) >= 11 is 11.8. The zero-order valence-electron chi connectivity index (χ0n) is 7.20. The van der Waals surface area contributed by atoms with E-state index in [-0.39, 0.29) is 0 Å². The third-order valence-electron chi connectivity index (χ3n) is 1.62. The summed E-state index contributed by atoms with van der Waals surface area (Å²) in [6.07, 6.45) is 4.82. The molecular formula is C7H16Cl2OSi. The third kappa shape index (κ3) is 7.13. The van der Waals surface area contributed by atoms with Crippen molar-refractivity contribution in [2.24, 2.45) is 0 Å². The van der Waals surface area contributed by atoms with Gasteiger partial charge in [-0.3, -0.25) is 0 Å². The van der Waals surface area contributed by atoms with E-state index in [0.29, 0.717) is 0 Å². The van der Waals surface area contributed by atoms with Crippen LogP contribution >= 0.6 is 22.2 Å². The maximum atomic E-state index is 5.88. The summed E-state index contributed by atoms with van der Waals surface area (Å²) < 4.78 is 4.99. The highest BCUT2D eigenvalue weighted by Crippen LogP contribution is 2.23. The highest BCUT2D eigenvalue weighted by molar-refractivity contribution is 7.42. The molecule has 0 unspecified atom stereocenters. The minimum atomic E-state index is -2.28. The van der Waals surface area contributed by atoms with Crippen LogP contribution in [0.2, 0.25) is 6.04 Å². The van der Waals surface area contributed by atoms with Crippen LogP contribution < -0.4 is 0 Å². The molecule has 68 valence electrons. The molecule has 0 N–H and O–H groups in total. The largest absolute Gasteiger partial charge is 0.396 e. The molecule has 0 aliphatic rings. The van der Waals surface area contributed by atoms with Crippen molar-refractivity contribution in [3.05, 3.63) is 0 Å². The van der Waals surface area contributed by atoms with Crippen LogP contribution in [0.15, 0.2) is 0 Å².